The van der Waals surface area contributed by atoms with Gasteiger partial charge in [-0.1, -0.05) is 52.3 Å². The molecule has 0 amide bonds. The van der Waals surface area contributed by atoms with Gasteiger partial charge in [0.25, 0.3) is 0 Å². The number of hydrogen-bond donors (Lipinski definition) is 0. The first kappa shape index (κ1) is 18.3. The zero-order chi connectivity index (χ0) is 17.2. The van der Waals surface area contributed by atoms with Crippen molar-refractivity contribution in [2.45, 2.75) is 73.3 Å². The second-order valence-corrected chi connectivity index (χ2v) is 8.26. The van der Waals surface area contributed by atoms with Crippen LogP contribution in [-0.2, 0) is 9.53 Å². The molecule has 2 heteroatoms. The quantitative estimate of drug-likeness (QED) is 0.622. The lowest BCUT2D eigenvalue weighted by molar-refractivity contribution is -0.164. The zero-order valence-corrected chi connectivity index (χ0v) is 15.8. The molecule has 5 atom stereocenters. The lowest BCUT2D eigenvalue weighted by atomic mass is 9.65. The topological polar surface area (TPSA) is 26.3 Å². The van der Waals surface area contributed by atoms with E-state index in [4.69, 9.17) is 4.74 Å². The van der Waals surface area contributed by atoms with Crippen LogP contribution in [-0.4, -0.2) is 12.1 Å². The Morgan fingerprint density at radius 2 is 2.00 bits per heavy atom. The number of allylic oxidation sites excluding steroid dienone is 3. The standard InChI is InChI=1S/C21H34O2/c1-7-9-17-15(4)10-11-16-12-14(3)13-18(19(16)17)23-20(22)21(5,6)8-2/h10-12,14-15,17-19H,7-9,13H2,1-6H3/t14-,15-,17-,18-,19-/m0/s1. The molecular weight excluding hydrogens is 284 g/mol. The van der Waals surface area contributed by atoms with Gasteiger partial charge in [-0.15, -0.1) is 0 Å². The normalized spacial score (nSPS) is 33.8. The average molecular weight is 319 g/mol. The largest absolute Gasteiger partial charge is 0.461 e. The molecule has 0 aromatic heterocycles. The molecule has 0 aromatic carbocycles. The average Bonchev–Trinajstić information content (AvgIpc) is 2.50. The van der Waals surface area contributed by atoms with Gasteiger partial charge in [0.1, 0.15) is 6.10 Å². The zero-order valence-electron chi connectivity index (χ0n) is 15.8. The summed E-state index contributed by atoms with van der Waals surface area (Å²) in [6.07, 6.45) is 11.2. The number of fused-ring (bicyclic) bond motifs is 1. The van der Waals surface area contributed by atoms with Crippen LogP contribution in [0.4, 0.5) is 0 Å². The molecule has 0 aromatic rings. The SMILES string of the molecule is CCC[C@@H]1[C@@H]2C(=C[C@H](C)C[C@@H]2OC(=O)C(C)(C)CC)C=C[C@@H]1C. The molecule has 0 saturated carbocycles. The second kappa shape index (κ2) is 7.23. The van der Waals surface area contributed by atoms with Crippen molar-refractivity contribution in [3.8, 4) is 0 Å². The fraction of sp³-hybridized carbons (Fsp3) is 0.762. The van der Waals surface area contributed by atoms with E-state index in [2.05, 4.69) is 45.9 Å². The highest BCUT2D eigenvalue weighted by atomic mass is 16.5. The third-order valence-corrected chi connectivity index (χ3v) is 5.91. The van der Waals surface area contributed by atoms with Crippen LogP contribution in [0.15, 0.2) is 23.8 Å². The Kier molecular flexibility index (Phi) is 5.75. The summed E-state index contributed by atoms with van der Waals surface area (Å²) in [5, 5.41) is 0. The fourth-order valence-corrected chi connectivity index (χ4v) is 4.00. The van der Waals surface area contributed by atoms with E-state index < -0.39 is 0 Å². The summed E-state index contributed by atoms with van der Waals surface area (Å²) in [6.45, 7) is 12.8. The van der Waals surface area contributed by atoms with Gasteiger partial charge < -0.3 is 4.74 Å². The molecule has 2 nitrogen and oxygen atoms in total. The molecular formula is C21H34O2. The lowest BCUT2D eigenvalue weighted by Gasteiger charge is -2.43. The van der Waals surface area contributed by atoms with Crippen LogP contribution in [0.2, 0.25) is 0 Å². The Hall–Kier alpha value is -1.05. The second-order valence-electron chi connectivity index (χ2n) is 8.26. The first-order chi connectivity index (χ1) is 10.8. The van der Waals surface area contributed by atoms with Crippen molar-refractivity contribution < 1.29 is 9.53 Å². The number of rotatable bonds is 5. The Bertz CT molecular complexity index is 486. The Morgan fingerprint density at radius 3 is 2.61 bits per heavy atom. The summed E-state index contributed by atoms with van der Waals surface area (Å²) in [5.41, 5.74) is 1.01. The van der Waals surface area contributed by atoms with Crippen molar-refractivity contribution in [1.82, 2.24) is 0 Å². The first-order valence-electron chi connectivity index (χ1n) is 9.41. The van der Waals surface area contributed by atoms with Crippen molar-refractivity contribution in [1.29, 1.82) is 0 Å². The number of hydrogen-bond acceptors (Lipinski definition) is 2. The van der Waals surface area contributed by atoms with E-state index in [1.54, 1.807) is 0 Å². The van der Waals surface area contributed by atoms with Crippen molar-refractivity contribution in [3.63, 3.8) is 0 Å². The molecule has 0 saturated heterocycles. The molecule has 0 radical (unpaired) electrons. The molecule has 0 fully saturated rings. The van der Waals surface area contributed by atoms with Crippen LogP contribution in [0.3, 0.4) is 0 Å². The van der Waals surface area contributed by atoms with Gasteiger partial charge in [0, 0.05) is 5.92 Å². The van der Waals surface area contributed by atoms with Crippen LogP contribution in [0.5, 0.6) is 0 Å². The molecule has 2 rings (SSSR count). The van der Waals surface area contributed by atoms with E-state index in [0.29, 0.717) is 23.7 Å². The van der Waals surface area contributed by atoms with Crippen molar-refractivity contribution >= 4 is 5.97 Å². The van der Waals surface area contributed by atoms with Crippen LogP contribution >= 0.6 is 0 Å². The van der Waals surface area contributed by atoms with Crippen LogP contribution in [0.1, 0.15) is 67.2 Å². The Balaban J connectivity index is 2.26. The number of ether oxygens (including phenoxy) is 1. The third-order valence-electron chi connectivity index (χ3n) is 5.91. The maximum atomic E-state index is 12.6. The molecule has 0 spiro atoms. The van der Waals surface area contributed by atoms with E-state index in [1.165, 1.54) is 18.4 Å². The predicted molar refractivity (Wildman–Crippen MR) is 96.0 cm³/mol. The van der Waals surface area contributed by atoms with Gasteiger partial charge in [0.2, 0.25) is 0 Å². The number of carbonyl (C=O) groups is 1. The summed E-state index contributed by atoms with van der Waals surface area (Å²) in [6, 6.07) is 0. The summed E-state index contributed by atoms with van der Waals surface area (Å²) in [7, 11) is 0. The minimum atomic E-state index is -0.388. The van der Waals surface area contributed by atoms with E-state index >= 15 is 0 Å². The van der Waals surface area contributed by atoms with E-state index in [0.717, 1.165) is 12.8 Å². The minimum absolute atomic E-state index is 0.0316. The predicted octanol–water partition coefficient (Wildman–Crippen LogP) is 5.54. The van der Waals surface area contributed by atoms with Crippen LogP contribution in [0, 0.1) is 29.1 Å². The maximum absolute atomic E-state index is 12.6. The van der Waals surface area contributed by atoms with Gasteiger partial charge >= 0.3 is 5.97 Å². The highest BCUT2D eigenvalue weighted by Gasteiger charge is 2.42. The maximum Gasteiger partial charge on any atom is 0.311 e. The molecule has 23 heavy (non-hydrogen) atoms. The molecule has 0 aliphatic heterocycles. The summed E-state index contributed by atoms with van der Waals surface area (Å²) in [5.74, 6) is 1.97. The van der Waals surface area contributed by atoms with E-state index in [1.807, 2.05) is 13.8 Å². The van der Waals surface area contributed by atoms with Crippen molar-refractivity contribution in [2.24, 2.45) is 29.1 Å². The molecule has 2 aliphatic rings. The monoisotopic (exact) mass is 318 g/mol. The lowest BCUT2D eigenvalue weighted by Crippen LogP contribution is -2.42. The summed E-state index contributed by atoms with van der Waals surface area (Å²) in [4.78, 5) is 12.6. The van der Waals surface area contributed by atoms with Gasteiger partial charge in [0.05, 0.1) is 5.41 Å². The molecule has 0 N–H and O–H groups in total. The first-order valence-corrected chi connectivity index (χ1v) is 9.41. The third kappa shape index (κ3) is 3.89. The Labute approximate surface area is 142 Å². The molecule has 130 valence electrons. The molecule has 0 unspecified atom stereocenters. The number of carbonyl (C=O) groups excluding carboxylic acids is 1. The molecule has 0 heterocycles. The van der Waals surface area contributed by atoms with E-state index in [9.17, 15) is 4.79 Å². The Morgan fingerprint density at radius 1 is 1.30 bits per heavy atom. The van der Waals surface area contributed by atoms with Gasteiger partial charge in [-0.05, 0) is 56.4 Å². The minimum Gasteiger partial charge on any atom is -0.461 e. The highest BCUT2D eigenvalue weighted by molar-refractivity contribution is 5.76. The summed E-state index contributed by atoms with van der Waals surface area (Å²) >= 11 is 0. The van der Waals surface area contributed by atoms with Crippen LogP contribution in [0.25, 0.3) is 0 Å². The highest BCUT2D eigenvalue weighted by Crippen LogP contribution is 2.45. The molecule has 0 bridgehead atoms. The van der Waals surface area contributed by atoms with Crippen molar-refractivity contribution in [2.75, 3.05) is 0 Å². The summed E-state index contributed by atoms with van der Waals surface area (Å²) < 4.78 is 6.10. The van der Waals surface area contributed by atoms with Crippen molar-refractivity contribution in [3.05, 3.63) is 23.8 Å². The van der Waals surface area contributed by atoms with E-state index in [-0.39, 0.29) is 17.5 Å². The fourth-order valence-electron chi connectivity index (χ4n) is 4.00. The smallest absolute Gasteiger partial charge is 0.311 e. The molecule has 2 aliphatic carbocycles. The number of esters is 1. The van der Waals surface area contributed by atoms with Gasteiger partial charge in [-0.25, -0.2) is 0 Å². The van der Waals surface area contributed by atoms with Crippen LogP contribution < -0.4 is 0 Å². The van der Waals surface area contributed by atoms with Gasteiger partial charge in [-0.3, -0.25) is 4.79 Å². The van der Waals surface area contributed by atoms with Gasteiger partial charge in [0.15, 0.2) is 0 Å². The van der Waals surface area contributed by atoms with Gasteiger partial charge in [-0.2, -0.15) is 0 Å².